The van der Waals surface area contributed by atoms with Crippen LogP contribution >= 0.6 is 0 Å². The Morgan fingerprint density at radius 3 is 2.73 bits per heavy atom. The van der Waals surface area contributed by atoms with Crippen LogP contribution in [0.3, 0.4) is 0 Å². The lowest BCUT2D eigenvalue weighted by atomic mass is 9.92. The molecule has 1 aliphatic carbocycles. The molecule has 3 N–H and O–H groups in total. The van der Waals surface area contributed by atoms with E-state index in [0.717, 1.165) is 38.4 Å². The summed E-state index contributed by atoms with van der Waals surface area (Å²) in [5.74, 6) is -0.000531. The van der Waals surface area contributed by atoms with Crippen molar-refractivity contribution in [2.45, 2.75) is 24.2 Å². The molecule has 3 rings (SSSR count). The van der Waals surface area contributed by atoms with Crippen molar-refractivity contribution in [3.63, 3.8) is 0 Å². The maximum atomic E-state index is 12.2. The van der Waals surface area contributed by atoms with E-state index in [2.05, 4.69) is 15.4 Å². The summed E-state index contributed by atoms with van der Waals surface area (Å²) in [6.07, 6.45) is 2.91. The first-order valence-corrected chi connectivity index (χ1v) is 10.0. The summed E-state index contributed by atoms with van der Waals surface area (Å²) in [6, 6.07) is 4.84. The Hall–Kier alpha value is -2.04. The summed E-state index contributed by atoms with van der Waals surface area (Å²) in [5, 5.41) is 16.8. The minimum atomic E-state index is -3.86. The molecule has 2 fully saturated rings. The SMILES string of the molecule is O=C(NCCNS(=O)(=O)c1cccc([N+](=O)[O-])c1)C1CC12CCNCC2. The Kier molecular flexibility index (Phi) is 5.26. The van der Waals surface area contributed by atoms with Crippen molar-refractivity contribution in [1.82, 2.24) is 15.4 Å². The molecule has 1 saturated heterocycles. The van der Waals surface area contributed by atoms with Crippen LogP contribution < -0.4 is 15.4 Å². The van der Waals surface area contributed by atoms with Crippen LogP contribution in [0.2, 0.25) is 0 Å². The van der Waals surface area contributed by atoms with Gasteiger partial charge in [0.15, 0.2) is 0 Å². The van der Waals surface area contributed by atoms with Crippen LogP contribution in [0, 0.1) is 21.4 Å². The number of nitrogens with one attached hydrogen (secondary N) is 3. The Bertz CT molecular complexity index is 805. The molecule has 0 bridgehead atoms. The van der Waals surface area contributed by atoms with Crippen LogP contribution in [0.15, 0.2) is 29.2 Å². The zero-order chi connectivity index (χ0) is 18.8. The van der Waals surface area contributed by atoms with Gasteiger partial charge in [0.25, 0.3) is 5.69 Å². The normalized spacial score (nSPS) is 21.3. The molecular formula is C16H22N4O5S. The van der Waals surface area contributed by atoms with E-state index < -0.39 is 14.9 Å². The van der Waals surface area contributed by atoms with E-state index in [1.54, 1.807) is 0 Å². The van der Waals surface area contributed by atoms with Gasteiger partial charge < -0.3 is 10.6 Å². The van der Waals surface area contributed by atoms with Gasteiger partial charge in [0.1, 0.15) is 0 Å². The number of hydrogen-bond acceptors (Lipinski definition) is 6. The monoisotopic (exact) mass is 382 g/mol. The highest BCUT2D eigenvalue weighted by Gasteiger charge is 2.57. The summed E-state index contributed by atoms with van der Waals surface area (Å²) >= 11 is 0. The predicted molar refractivity (Wildman–Crippen MR) is 93.9 cm³/mol. The van der Waals surface area contributed by atoms with Gasteiger partial charge in [-0.15, -0.1) is 0 Å². The number of carbonyl (C=O) groups is 1. The molecule has 9 nitrogen and oxygen atoms in total. The number of nitro benzene ring substituents is 1. The first-order chi connectivity index (χ1) is 12.3. The number of benzene rings is 1. The molecule has 0 radical (unpaired) electrons. The summed E-state index contributed by atoms with van der Waals surface area (Å²) in [6.45, 7) is 2.08. The van der Waals surface area contributed by atoms with E-state index in [4.69, 9.17) is 0 Å². The Morgan fingerprint density at radius 1 is 1.31 bits per heavy atom. The smallest absolute Gasteiger partial charge is 0.270 e. The van der Waals surface area contributed by atoms with Gasteiger partial charge in [-0.2, -0.15) is 0 Å². The van der Waals surface area contributed by atoms with E-state index in [1.165, 1.54) is 18.2 Å². The van der Waals surface area contributed by atoms with E-state index in [1.807, 2.05) is 0 Å². The van der Waals surface area contributed by atoms with Crippen LogP contribution in [0.25, 0.3) is 0 Å². The molecule has 1 atom stereocenters. The highest BCUT2D eigenvalue weighted by molar-refractivity contribution is 7.89. The predicted octanol–water partition coefficient (Wildman–Crippen LogP) is 0.379. The number of hydrogen-bond donors (Lipinski definition) is 3. The quantitative estimate of drug-likeness (QED) is 0.355. The van der Waals surface area contributed by atoms with Gasteiger partial charge in [-0.05, 0) is 43.8 Å². The molecule has 1 saturated carbocycles. The van der Waals surface area contributed by atoms with Crippen LogP contribution in [0.1, 0.15) is 19.3 Å². The van der Waals surface area contributed by atoms with Crippen molar-refractivity contribution in [1.29, 1.82) is 0 Å². The van der Waals surface area contributed by atoms with E-state index in [0.29, 0.717) is 0 Å². The molecule has 1 aliphatic heterocycles. The number of amides is 1. The fourth-order valence-electron chi connectivity index (χ4n) is 3.54. The average Bonchev–Trinajstić information content (AvgIpc) is 3.32. The van der Waals surface area contributed by atoms with Crippen molar-refractivity contribution < 1.29 is 18.1 Å². The van der Waals surface area contributed by atoms with Crippen molar-refractivity contribution in [2.75, 3.05) is 26.2 Å². The number of carbonyl (C=O) groups excluding carboxylic acids is 1. The Morgan fingerprint density at radius 2 is 2.04 bits per heavy atom. The Labute approximate surface area is 151 Å². The number of sulfonamides is 1. The number of piperidine rings is 1. The molecule has 26 heavy (non-hydrogen) atoms. The van der Waals surface area contributed by atoms with Gasteiger partial charge >= 0.3 is 0 Å². The first-order valence-electron chi connectivity index (χ1n) is 8.57. The number of rotatable bonds is 7. The summed E-state index contributed by atoms with van der Waals surface area (Å²) < 4.78 is 26.7. The third-order valence-corrected chi connectivity index (χ3v) is 6.62. The first kappa shape index (κ1) is 18.7. The molecule has 1 spiro atoms. The number of nitrogens with zero attached hydrogens (tertiary/aromatic N) is 1. The second-order valence-corrected chi connectivity index (χ2v) is 8.58. The molecule has 10 heteroatoms. The minimum Gasteiger partial charge on any atom is -0.355 e. The molecule has 1 heterocycles. The van der Waals surface area contributed by atoms with Gasteiger partial charge in [0.2, 0.25) is 15.9 Å². The fourth-order valence-corrected chi connectivity index (χ4v) is 4.61. The maximum Gasteiger partial charge on any atom is 0.270 e. The average molecular weight is 382 g/mol. The summed E-state index contributed by atoms with van der Waals surface area (Å²) in [7, 11) is -3.86. The Balaban J connectivity index is 1.46. The second kappa shape index (κ2) is 7.29. The number of nitro groups is 1. The third-order valence-electron chi connectivity index (χ3n) is 5.16. The lowest BCUT2D eigenvalue weighted by Crippen LogP contribution is -2.37. The van der Waals surface area contributed by atoms with E-state index in [9.17, 15) is 23.3 Å². The third kappa shape index (κ3) is 4.02. The molecule has 142 valence electrons. The molecule has 1 unspecified atom stereocenters. The molecular weight excluding hydrogens is 360 g/mol. The molecule has 1 amide bonds. The van der Waals surface area contributed by atoms with Crippen LogP contribution in [-0.2, 0) is 14.8 Å². The summed E-state index contributed by atoms with van der Waals surface area (Å²) in [4.78, 5) is 22.1. The van der Waals surface area contributed by atoms with Crippen LogP contribution in [0.4, 0.5) is 5.69 Å². The topological polar surface area (TPSA) is 130 Å². The molecule has 1 aromatic carbocycles. The zero-order valence-corrected chi connectivity index (χ0v) is 15.0. The number of non-ortho nitro benzene ring substituents is 1. The zero-order valence-electron chi connectivity index (χ0n) is 14.2. The van der Waals surface area contributed by atoms with Crippen molar-refractivity contribution in [3.05, 3.63) is 34.4 Å². The highest BCUT2D eigenvalue weighted by atomic mass is 32.2. The van der Waals surface area contributed by atoms with Gasteiger partial charge in [-0.3, -0.25) is 14.9 Å². The maximum absolute atomic E-state index is 12.2. The molecule has 2 aliphatic rings. The van der Waals surface area contributed by atoms with Gasteiger partial charge in [-0.1, -0.05) is 6.07 Å². The van der Waals surface area contributed by atoms with Crippen LogP contribution in [-0.4, -0.2) is 45.4 Å². The van der Waals surface area contributed by atoms with Gasteiger partial charge in [0.05, 0.1) is 9.82 Å². The summed E-state index contributed by atoms with van der Waals surface area (Å²) in [5.41, 5.74) is -0.153. The van der Waals surface area contributed by atoms with E-state index in [-0.39, 0.29) is 40.9 Å². The van der Waals surface area contributed by atoms with Crippen molar-refractivity contribution >= 4 is 21.6 Å². The second-order valence-electron chi connectivity index (χ2n) is 6.81. The van der Waals surface area contributed by atoms with E-state index >= 15 is 0 Å². The largest absolute Gasteiger partial charge is 0.355 e. The fraction of sp³-hybridized carbons (Fsp3) is 0.562. The van der Waals surface area contributed by atoms with Crippen LogP contribution in [0.5, 0.6) is 0 Å². The molecule has 1 aromatic rings. The van der Waals surface area contributed by atoms with Gasteiger partial charge in [-0.25, -0.2) is 13.1 Å². The highest BCUT2D eigenvalue weighted by Crippen LogP contribution is 2.58. The lowest BCUT2D eigenvalue weighted by Gasteiger charge is -2.23. The van der Waals surface area contributed by atoms with Gasteiger partial charge in [0, 0.05) is 31.1 Å². The minimum absolute atomic E-state index is 0.0258. The molecule has 0 aromatic heterocycles. The lowest BCUT2D eigenvalue weighted by molar-refractivity contribution is -0.385. The van der Waals surface area contributed by atoms with Crippen molar-refractivity contribution in [2.24, 2.45) is 11.3 Å². The van der Waals surface area contributed by atoms with Crippen molar-refractivity contribution in [3.8, 4) is 0 Å². The standard InChI is InChI=1S/C16H22N4O5S/c21-15(14-11-16(14)4-6-17-7-5-16)18-8-9-19-26(24,25)13-3-1-2-12(10-13)20(22)23/h1-3,10,14,17,19H,4-9,11H2,(H,18,21).